The number of allylic oxidation sites excluding steroid dienone is 2. The van der Waals surface area contributed by atoms with Crippen LogP contribution in [0.3, 0.4) is 0 Å². The highest BCUT2D eigenvalue weighted by Crippen LogP contribution is 2.43. The summed E-state index contributed by atoms with van der Waals surface area (Å²) >= 11 is 0. The molecule has 146 valence electrons. The summed E-state index contributed by atoms with van der Waals surface area (Å²) in [5.41, 5.74) is -1.63. The van der Waals surface area contributed by atoms with Crippen molar-refractivity contribution in [2.75, 3.05) is 13.2 Å². The number of alkyl halides is 3. The topological polar surface area (TPSA) is 64.6 Å². The molecule has 5 nitrogen and oxygen atoms in total. The lowest BCUT2D eigenvalue weighted by Crippen LogP contribution is -2.38. The molecule has 1 aromatic rings. The van der Waals surface area contributed by atoms with Crippen LogP contribution >= 0.6 is 0 Å². The Morgan fingerprint density at radius 3 is 2.00 bits per heavy atom. The summed E-state index contributed by atoms with van der Waals surface area (Å²) in [7, 11) is 0. The monoisotopic (exact) mass is 383 g/mol. The van der Waals surface area contributed by atoms with Crippen molar-refractivity contribution in [1.29, 1.82) is 0 Å². The van der Waals surface area contributed by atoms with Gasteiger partial charge in [-0.25, -0.2) is 9.59 Å². The van der Waals surface area contributed by atoms with Crippen molar-refractivity contribution in [2.24, 2.45) is 0 Å². The maximum absolute atomic E-state index is 13.7. The first-order valence-corrected chi connectivity index (χ1v) is 8.40. The van der Waals surface area contributed by atoms with Crippen molar-refractivity contribution in [2.45, 2.75) is 32.9 Å². The average Bonchev–Trinajstić information content (AvgIpc) is 2.61. The molecule has 0 saturated carbocycles. The van der Waals surface area contributed by atoms with Crippen LogP contribution in [0.5, 0.6) is 0 Å². The Hall–Kier alpha value is -2.77. The molecule has 0 aromatic heterocycles. The van der Waals surface area contributed by atoms with Gasteiger partial charge in [0, 0.05) is 5.70 Å². The van der Waals surface area contributed by atoms with Crippen LogP contribution in [0.1, 0.15) is 32.3 Å². The lowest BCUT2D eigenvalue weighted by Gasteiger charge is -2.32. The molecular formula is C19H20F3NO4. The Bertz CT molecular complexity index is 782. The van der Waals surface area contributed by atoms with Crippen molar-refractivity contribution >= 4 is 11.9 Å². The van der Waals surface area contributed by atoms with Gasteiger partial charge < -0.3 is 14.8 Å². The summed E-state index contributed by atoms with van der Waals surface area (Å²) < 4.78 is 50.9. The van der Waals surface area contributed by atoms with Crippen LogP contribution in [0.25, 0.3) is 0 Å². The van der Waals surface area contributed by atoms with Gasteiger partial charge in [0.1, 0.15) is 5.70 Å². The summed E-state index contributed by atoms with van der Waals surface area (Å²) in [4.78, 5) is 25.0. The van der Waals surface area contributed by atoms with E-state index in [1.54, 1.807) is 37.3 Å². The van der Waals surface area contributed by atoms with Crippen LogP contribution in [-0.4, -0.2) is 31.3 Å². The minimum atomic E-state index is -4.84. The summed E-state index contributed by atoms with van der Waals surface area (Å²) in [5.74, 6) is -3.19. The second-order valence-electron chi connectivity index (χ2n) is 5.73. The lowest BCUT2D eigenvalue weighted by molar-refractivity contribution is -0.141. The van der Waals surface area contributed by atoms with Gasteiger partial charge in [0.15, 0.2) is 0 Å². The van der Waals surface area contributed by atoms with Gasteiger partial charge in [0.2, 0.25) is 0 Å². The zero-order valence-corrected chi connectivity index (χ0v) is 15.1. The van der Waals surface area contributed by atoms with E-state index in [1.807, 2.05) is 0 Å². The van der Waals surface area contributed by atoms with Crippen molar-refractivity contribution in [3.8, 4) is 0 Å². The molecule has 1 aliphatic heterocycles. The number of hydrogen-bond acceptors (Lipinski definition) is 5. The van der Waals surface area contributed by atoms with Crippen molar-refractivity contribution in [3.05, 3.63) is 58.4 Å². The predicted octanol–water partition coefficient (Wildman–Crippen LogP) is 3.59. The largest absolute Gasteiger partial charge is 0.463 e. The molecule has 0 aliphatic carbocycles. The van der Waals surface area contributed by atoms with E-state index in [-0.39, 0.29) is 24.5 Å². The number of esters is 2. The van der Waals surface area contributed by atoms with Crippen molar-refractivity contribution < 1.29 is 32.2 Å². The first-order chi connectivity index (χ1) is 12.7. The molecule has 0 spiro atoms. The van der Waals surface area contributed by atoms with Gasteiger partial charge in [-0.05, 0) is 26.3 Å². The first kappa shape index (κ1) is 20.5. The summed E-state index contributed by atoms with van der Waals surface area (Å²) in [6, 6.07) is 8.02. The molecule has 1 heterocycles. The maximum Gasteiger partial charge on any atom is 0.431 e. The van der Waals surface area contributed by atoms with E-state index >= 15 is 0 Å². The molecule has 0 fully saturated rings. The third-order valence-electron chi connectivity index (χ3n) is 3.97. The van der Waals surface area contributed by atoms with Gasteiger partial charge in [-0.3, -0.25) is 0 Å². The van der Waals surface area contributed by atoms with Crippen molar-refractivity contribution in [3.63, 3.8) is 0 Å². The fourth-order valence-corrected chi connectivity index (χ4v) is 2.94. The standard InChI is InChI=1S/C19H20F3NO4/c1-4-26-17(24)13-11(3)23-16(19(20,21)22)15(18(25)27-5-2)14(13)12-9-7-6-8-10-12/h6-10,14,23H,4-5H2,1-3H3/t14-/m1/s1. The predicted molar refractivity (Wildman–Crippen MR) is 91.4 cm³/mol. The maximum atomic E-state index is 13.7. The summed E-state index contributed by atoms with van der Waals surface area (Å²) in [6.45, 7) is 4.36. The number of rotatable bonds is 5. The Balaban J connectivity index is 2.76. The first-order valence-electron chi connectivity index (χ1n) is 8.40. The minimum absolute atomic E-state index is 0.0253. The number of dihydropyridines is 1. The van der Waals surface area contributed by atoms with Crippen LogP contribution in [0, 0.1) is 0 Å². The molecule has 0 amide bonds. The van der Waals surface area contributed by atoms with Crippen LogP contribution in [-0.2, 0) is 19.1 Å². The Kier molecular flexibility index (Phi) is 6.30. The van der Waals surface area contributed by atoms with E-state index in [9.17, 15) is 22.8 Å². The Labute approximate surface area is 154 Å². The van der Waals surface area contributed by atoms with Crippen molar-refractivity contribution in [1.82, 2.24) is 5.32 Å². The van der Waals surface area contributed by atoms with E-state index in [1.165, 1.54) is 13.8 Å². The fourth-order valence-electron chi connectivity index (χ4n) is 2.94. The molecule has 0 bridgehead atoms. The van der Waals surface area contributed by atoms with Gasteiger partial charge in [-0.1, -0.05) is 30.3 Å². The number of carbonyl (C=O) groups is 2. The van der Waals surface area contributed by atoms with Gasteiger partial charge in [0.05, 0.1) is 30.3 Å². The van der Waals surface area contributed by atoms with Crippen LogP contribution in [0.2, 0.25) is 0 Å². The van der Waals surface area contributed by atoms with E-state index < -0.39 is 35.3 Å². The minimum Gasteiger partial charge on any atom is -0.463 e. The Morgan fingerprint density at radius 1 is 1.00 bits per heavy atom. The van der Waals surface area contributed by atoms with Gasteiger partial charge in [-0.15, -0.1) is 0 Å². The molecule has 0 saturated heterocycles. The molecule has 1 atom stereocenters. The average molecular weight is 383 g/mol. The fraction of sp³-hybridized carbons (Fsp3) is 0.368. The van der Waals surface area contributed by atoms with Gasteiger partial charge in [0.25, 0.3) is 0 Å². The molecule has 1 N–H and O–H groups in total. The van der Waals surface area contributed by atoms with Crippen LogP contribution in [0.15, 0.2) is 52.9 Å². The van der Waals surface area contributed by atoms with E-state index in [0.29, 0.717) is 5.56 Å². The van der Waals surface area contributed by atoms with Gasteiger partial charge in [-0.2, -0.15) is 13.2 Å². The molecule has 8 heteroatoms. The summed E-state index contributed by atoms with van der Waals surface area (Å²) in [6.07, 6.45) is -4.84. The normalized spacial score (nSPS) is 17.5. The number of halogens is 3. The Morgan fingerprint density at radius 2 is 1.52 bits per heavy atom. The molecule has 0 radical (unpaired) electrons. The quantitative estimate of drug-likeness (QED) is 0.788. The zero-order chi connectivity index (χ0) is 20.2. The van der Waals surface area contributed by atoms with E-state index in [2.05, 4.69) is 5.32 Å². The van der Waals surface area contributed by atoms with Crippen LogP contribution in [0.4, 0.5) is 13.2 Å². The second-order valence-corrected chi connectivity index (χ2v) is 5.73. The highest BCUT2D eigenvalue weighted by atomic mass is 19.4. The molecular weight excluding hydrogens is 363 g/mol. The third-order valence-corrected chi connectivity index (χ3v) is 3.97. The number of ether oxygens (including phenoxy) is 2. The lowest BCUT2D eigenvalue weighted by atomic mass is 9.80. The molecule has 1 aliphatic rings. The SMILES string of the molecule is CCOC(=O)C1=C(C)NC(C(F)(F)F)=C(C(=O)OCC)[C@@H]1c1ccccc1. The second kappa shape index (κ2) is 8.28. The number of carbonyl (C=O) groups excluding carboxylic acids is 2. The molecule has 0 unspecified atom stereocenters. The molecule has 1 aromatic carbocycles. The van der Waals surface area contributed by atoms with Gasteiger partial charge >= 0.3 is 18.1 Å². The zero-order valence-electron chi connectivity index (χ0n) is 15.1. The highest BCUT2D eigenvalue weighted by molar-refractivity contribution is 6.00. The van der Waals surface area contributed by atoms with E-state index in [4.69, 9.17) is 9.47 Å². The number of hydrogen-bond donors (Lipinski definition) is 1. The smallest absolute Gasteiger partial charge is 0.431 e. The van der Waals surface area contributed by atoms with Crippen LogP contribution < -0.4 is 5.32 Å². The summed E-state index contributed by atoms with van der Waals surface area (Å²) in [5, 5.41) is 2.17. The highest BCUT2D eigenvalue weighted by Gasteiger charge is 2.47. The molecule has 27 heavy (non-hydrogen) atoms. The third kappa shape index (κ3) is 4.32. The number of nitrogens with one attached hydrogen (secondary N) is 1. The number of benzene rings is 1. The van der Waals surface area contributed by atoms with E-state index in [0.717, 1.165) is 0 Å². The molecule has 2 rings (SSSR count).